The highest BCUT2D eigenvalue weighted by Gasteiger charge is 2.22. The lowest BCUT2D eigenvalue weighted by atomic mass is 10.1. The van der Waals surface area contributed by atoms with E-state index in [2.05, 4.69) is 15.2 Å². The van der Waals surface area contributed by atoms with Gasteiger partial charge in [-0.25, -0.2) is 0 Å². The van der Waals surface area contributed by atoms with Gasteiger partial charge >= 0.3 is 0 Å². The summed E-state index contributed by atoms with van der Waals surface area (Å²) in [5.41, 5.74) is 3.25. The Hall–Kier alpha value is -2.15. The van der Waals surface area contributed by atoms with E-state index < -0.39 is 0 Å². The van der Waals surface area contributed by atoms with E-state index in [1.54, 1.807) is 4.68 Å². The third-order valence-electron chi connectivity index (χ3n) is 4.67. The minimum atomic E-state index is 0.232. The molecule has 1 amide bonds. The van der Waals surface area contributed by atoms with Crippen molar-refractivity contribution in [3.63, 3.8) is 0 Å². The number of amides is 1. The van der Waals surface area contributed by atoms with Gasteiger partial charge in [0.15, 0.2) is 0 Å². The summed E-state index contributed by atoms with van der Waals surface area (Å²) in [5, 5.41) is 8.15. The van der Waals surface area contributed by atoms with Crippen molar-refractivity contribution < 1.29 is 9.32 Å². The van der Waals surface area contributed by atoms with E-state index in [1.165, 1.54) is 5.56 Å². The SMILES string of the molecule is Cc1noc(C)c1CN1CCN(C(=O)CCc2cnn(C)c2)CC1. The maximum atomic E-state index is 12.4. The van der Waals surface area contributed by atoms with Crippen LogP contribution in [0.5, 0.6) is 0 Å². The predicted molar refractivity (Wildman–Crippen MR) is 89.4 cm³/mol. The van der Waals surface area contributed by atoms with E-state index in [0.29, 0.717) is 6.42 Å². The third-order valence-corrected chi connectivity index (χ3v) is 4.67. The lowest BCUT2D eigenvalue weighted by Gasteiger charge is -2.34. The van der Waals surface area contributed by atoms with Crippen molar-refractivity contribution in [2.45, 2.75) is 33.2 Å². The van der Waals surface area contributed by atoms with Gasteiger partial charge in [-0.2, -0.15) is 5.10 Å². The van der Waals surface area contributed by atoms with E-state index in [9.17, 15) is 4.79 Å². The molecule has 3 heterocycles. The molecule has 0 saturated carbocycles. The molecule has 1 saturated heterocycles. The Morgan fingerprint density at radius 1 is 1.25 bits per heavy atom. The summed E-state index contributed by atoms with van der Waals surface area (Å²) in [5.74, 6) is 1.12. The molecular weight excluding hydrogens is 306 g/mol. The minimum Gasteiger partial charge on any atom is -0.361 e. The summed E-state index contributed by atoms with van der Waals surface area (Å²) in [6, 6.07) is 0. The number of carbonyl (C=O) groups is 1. The predicted octanol–water partition coefficient (Wildman–Crippen LogP) is 1.30. The number of hydrogen-bond acceptors (Lipinski definition) is 5. The van der Waals surface area contributed by atoms with Gasteiger partial charge in [-0.05, 0) is 25.8 Å². The van der Waals surface area contributed by atoms with Crippen LogP contribution in [0.15, 0.2) is 16.9 Å². The zero-order chi connectivity index (χ0) is 17.1. The van der Waals surface area contributed by atoms with Crippen molar-refractivity contribution in [1.82, 2.24) is 24.7 Å². The van der Waals surface area contributed by atoms with Gasteiger partial charge in [0.25, 0.3) is 0 Å². The molecule has 0 radical (unpaired) electrons. The lowest BCUT2D eigenvalue weighted by molar-refractivity contribution is -0.133. The van der Waals surface area contributed by atoms with Crippen LogP contribution in [-0.2, 0) is 24.8 Å². The maximum Gasteiger partial charge on any atom is 0.222 e. The molecule has 24 heavy (non-hydrogen) atoms. The second kappa shape index (κ2) is 7.17. The summed E-state index contributed by atoms with van der Waals surface area (Å²) in [7, 11) is 1.89. The Balaban J connectivity index is 1.45. The Morgan fingerprint density at radius 2 is 2.00 bits per heavy atom. The monoisotopic (exact) mass is 331 g/mol. The van der Waals surface area contributed by atoms with Crippen LogP contribution in [0.1, 0.15) is 29.0 Å². The van der Waals surface area contributed by atoms with Crippen LogP contribution in [0.3, 0.4) is 0 Å². The van der Waals surface area contributed by atoms with Crippen LogP contribution in [0.25, 0.3) is 0 Å². The number of piperazine rings is 1. The van der Waals surface area contributed by atoms with E-state index in [4.69, 9.17) is 4.52 Å². The average Bonchev–Trinajstić information content (AvgIpc) is 3.13. The van der Waals surface area contributed by atoms with Crippen molar-refractivity contribution in [1.29, 1.82) is 0 Å². The first-order valence-corrected chi connectivity index (χ1v) is 8.42. The molecule has 0 spiro atoms. The van der Waals surface area contributed by atoms with E-state index in [0.717, 1.165) is 56.2 Å². The zero-order valence-corrected chi connectivity index (χ0v) is 14.7. The second-order valence-electron chi connectivity index (χ2n) is 6.48. The minimum absolute atomic E-state index is 0.232. The van der Waals surface area contributed by atoms with Crippen molar-refractivity contribution >= 4 is 5.91 Å². The van der Waals surface area contributed by atoms with Crippen LogP contribution >= 0.6 is 0 Å². The highest BCUT2D eigenvalue weighted by Crippen LogP contribution is 2.16. The van der Waals surface area contributed by atoms with Crippen molar-refractivity contribution in [3.8, 4) is 0 Å². The van der Waals surface area contributed by atoms with Gasteiger partial charge < -0.3 is 9.42 Å². The Morgan fingerprint density at radius 3 is 2.58 bits per heavy atom. The first-order chi connectivity index (χ1) is 11.5. The number of rotatable bonds is 5. The molecule has 0 unspecified atom stereocenters. The number of aryl methyl sites for hydroxylation is 4. The van der Waals surface area contributed by atoms with Gasteiger partial charge in [-0.3, -0.25) is 14.4 Å². The molecule has 3 rings (SSSR count). The summed E-state index contributed by atoms with van der Waals surface area (Å²) in [6.45, 7) is 8.13. The lowest BCUT2D eigenvalue weighted by Crippen LogP contribution is -2.48. The van der Waals surface area contributed by atoms with Gasteiger partial charge in [-0.1, -0.05) is 5.16 Å². The molecule has 0 N–H and O–H groups in total. The van der Waals surface area contributed by atoms with Crippen LogP contribution in [0.2, 0.25) is 0 Å². The molecule has 2 aromatic heterocycles. The van der Waals surface area contributed by atoms with Crippen LogP contribution in [0.4, 0.5) is 0 Å². The van der Waals surface area contributed by atoms with E-state index in [-0.39, 0.29) is 5.91 Å². The Bertz CT molecular complexity index is 678. The molecule has 1 aliphatic heterocycles. The fraction of sp³-hybridized carbons (Fsp3) is 0.588. The molecule has 7 nitrogen and oxygen atoms in total. The first-order valence-electron chi connectivity index (χ1n) is 8.42. The molecule has 1 fully saturated rings. The van der Waals surface area contributed by atoms with Crippen molar-refractivity contribution in [2.75, 3.05) is 26.2 Å². The molecule has 0 bridgehead atoms. The smallest absolute Gasteiger partial charge is 0.222 e. The number of aromatic nitrogens is 3. The number of carbonyl (C=O) groups excluding carboxylic acids is 1. The molecular formula is C17H25N5O2. The summed E-state index contributed by atoms with van der Waals surface area (Å²) in [4.78, 5) is 16.7. The molecule has 2 aromatic rings. The number of nitrogens with zero attached hydrogens (tertiary/aromatic N) is 5. The van der Waals surface area contributed by atoms with E-state index >= 15 is 0 Å². The first kappa shape index (κ1) is 16.7. The van der Waals surface area contributed by atoms with Crippen LogP contribution in [0, 0.1) is 13.8 Å². The van der Waals surface area contributed by atoms with Gasteiger partial charge in [0.05, 0.1) is 11.9 Å². The maximum absolute atomic E-state index is 12.4. The molecule has 1 aliphatic rings. The van der Waals surface area contributed by atoms with Crippen LogP contribution < -0.4 is 0 Å². The fourth-order valence-corrected chi connectivity index (χ4v) is 3.12. The highest BCUT2D eigenvalue weighted by molar-refractivity contribution is 5.76. The normalized spacial score (nSPS) is 15.9. The van der Waals surface area contributed by atoms with Crippen molar-refractivity contribution in [3.05, 3.63) is 35.0 Å². The fourth-order valence-electron chi connectivity index (χ4n) is 3.12. The highest BCUT2D eigenvalue weighted by atomic mass is 16.5. The van der Waals surface area contributed by atoms with Gasteiger partial charge in [-0.15, -0.1) is 0 Å². The Labute approximate surface area is 142 Å². The molecule has 7 heteroatoms. The third kappa shape index (κ3) is 3.84. The van der Waals surface area contributed by atoms with Crippen molar-refractivity contribution in [2.24, 2.45) is 7.05 Å². The summed E-state index contributed by atoms with van der Waals surface area (Å²) >= 11 is 0. The second-order valence-corrected chi connectivity index (χ2v) is 6.48. The standard InChI is InChI=1S/C17H25N5O2/c1-13-16(14(2)24-19-13)12-21-6-8-22(9-7-21)17(23)5-4-15-10-18-20(3)11-15/h10-11H,4-9,12H2,1-3H3. The largest absolute Gasteiger partial charge is 0.361 e. The van der Waals surface area contributed by atoms with Gasteiger partial charge in [0.2, 0.25) is 5.91 Å². The topological polar surface area (TPSA) is 67.4 Å². The van der Waals surface area contributed by atoms with Gasteiger partial charge in [0, 0.05) is 58.0 Å². The molecule has 0 aromatic carbocycles. The Kier molecular flexibility index (Phi) is 4.99. The molecule has 0 atom stereocenters. The molecule has 130 valence electrons. The quantitative estimate of drug-likeness (QED) is 0.826. The summed E-state index contributed by atoms with van der Waals surface area (Å²) < 4.78 is 6.99. The van der Waals surface area contributed by atoms with Crippen LogP contribution in [-0.4, -0.2) is 56.8 Å². The van der Waals surface area contributed by atoms with Gasteiger partial charge in [0.1, 0.15) is 5.76 Å². The average molecular weight is 331 g/mol. The van der Waals surface area contributed by atoms with E-state index in [1.807, 2.05) is 38.2 Å². The summed E-state index contributed by atoms with van der Waals surface area (Å²) in [6.07, 6.45) is 5.10. The molecule has 0 aliphatic carbocycles. The zero-order valence-electron chi connectivity index (χ0n) is 14.7. The number of hydrogen-bond donors (Lipinski definition) is 0.